The van der Waals surface area contributed by atoms with E-state index in [1.165, 1.54) is 24.3 Å². The van der Waals surface area contributed by atoms with E-state index in [4.69, 9.17) is 0 Å². The van der Waals surface area contributed by atoms with Gasteiger partial charge in [-0.1, -0.05) is 6.07 Å². The van der Waals surface area contributed by atoms with E-state index in [2.05, 4.69) is 25.7 Å². The van der Waals surface area contributed by atoms with Gasteiger partial charge < -0.3 is 10.6 Å². The minimum absolute atomic E-state index is 0.200. The fraction of sp³-hybridized carbons (Fsp3) is 0.136. The molecule has 0 amide bonds. The average Bonchev–Trinajstić information content (AvgIpc) is 3.03. The summed E-state index contributed by atoms with van der Waals surface area (Å²) in [5.74, 6) is 1.17. The highest BCUT2D eigenvalue weighted by Crippen LogP contribution is 2.26. The van der Waals surface area contributed by atoms with Crippen molar-refractivity contribution in [3.8, 4) is 5.69 Å². The first kappa shape index (κ1) is 21.4. The van der Waals surface area contributed by atoms with Gasteiger partial charge in [0, 0.05) is 23.7 Å². The van der Waals surface area contributed by atoms with E-state index in [0.29, 0.717) is 29.0 Å². The van der Waals surface area contributed by atoms with Crippen LogP contribution >= 0.6 is 0 Å². The maximum atomic E-state index is 13.3. The number of nitrogens with zero attached hydrogens (tertiary/aromatic N) is 4. The summed E-state index contributed by atoms with van der Waals surface area (Å²) >= 11 is 0. The number of hydrogen-bond donors (Lipinski definition) is 2. The Morgan fingerprint density at radius 2 is 1.75 bits per heavy atom. The van der Waals surface area contributed by atoms with Gasteiger partial charge in [0.15, 0.2) is 9.84 Å². The Hall–Kier alpha value is -3.79. The second kappa shape index (κ2) is 8.39. The fourth-order valence-electron chi connectivity index (χ4n) is 3.06. The SMILES string of the molecule is Cc1nn(-c2ccc(F)cc2)c(Nc2ccnc(Nc3cccc(S(C)(=O)=O)c3)n2)c1C. The molecule has 8 nitrogen and oxygen atoms in total. The number of rotatable bonds is 6. The lowest BCUT2D eigenvalue weighted by atomic mass is 10.2. The normalized spacial score (nSPS) is 11.4. The first-order valence-corrected chi connectivity index (χ1v) is 11.6. The van der Waals surface area contributed by atoms with Gasteiger partial charge in [-0.25, -0.2) is 22.5 Å². The van der Waals surface area contributed by atoms with Crippen LogP contribution in [0, 0.1) is 19.7 Å². The molecule has 2 aromatic heterocycles. The predicted octanol–water partition coefficient (Wildman–Crippen LogP) is 4.31. The third-order valence-electron chi connectivity index (χ3n) is 4.85. The Labute approximate surface area is 185 Å². The number of sulfone groups is 1. The van der Waals surface area contributed by atoms with Crippen molar-refractivity contribution >= 4 is 33.1 Å². The molecule has 0 fully saturated rings. The van der Waals surface area contributed by atoms with Gasteiger partial charge in [0.1, 0.15) is 17.5 Å². The summed E-state index contributed by atoms with van der Waals surface area (Å²) in [4.78, 5) is 8.88. The first-order chi connectivity index (χ1) is 15.2. The molecule has 0 atom stereocenters. The number of aromatic nitrogens is 4. The molecule has 10 heteroatoms. The molecule has 0 aliphatic rings. The van der Waals surface area contributed by atoms with Crippen LogP contribution in [0.15, 0.2) is 65.7 Å². The van der Waals surface area contributed by atoms with E-state index in [1.807, 2.05) is 13.8 Å². The highest BCUT2D eigenvalue weighted by Gasteiger charge is 2.15. The zero-order chi connectivity index (χ0) is 22.9. The molecule has 2 heterocycles. The number of hydrogen-bond acceptors (Lipinski definition) is 7. The minimum Gasteiger partial charge on any atom is -0.324 e. The van der Waals surface area contributed by atoms with Crippen molar-refractivity contribution in [3.05, 3.63) is 77.9 Å². The lowest BCUT2D eigenvalue weighted by Crippen LogP contribution is -2.06. The Balaban J connectivity index is 1.62. The van der Waals surface area contributed by atoms with Crippen molar-refractivity contribution in [1.29, 1.82) is 0 Å². The summed E-state index contributed by atoms with van der Waals surface area (Å²) in [6.07, 6.45) is 2.74. The van der Waals surface area contributed by atoms with E-state index < -0.39 is 9.84 Å². The van der Waals surface area contributed by atoms with Gasteiger partial charge in [-0.15, -0.1) is 0 Å². The zero-order valence-electron chi connectivity index (χ0n) is 17.7. The third kappa shape index (κ3) is 4.59. The molecule has 0 aliphatic carbocycles. The van der Waals surface area contributed by atoms with E-state index in [-0.39, 0.29) is 10.7 Å². The van der Waals surface area contributed by atoms with E-state index in [1.54, 1.807) is 41.2 Å². The van der Waals surface area contributed by atoms with Gasteiger partial charge in [0.2, 0.25) is 5.95 Å². The topological polar surface area (TPSA) is 102 Å². The number of benzene rings is 2. The third-order valence-corrected chi connectivity index (χ3v) is 5.96. The van der Waals surface area contributed by atoms with Crippen molar-refractivity contribution in [2.45, 2.75) is 18.7 Å². The molecule has 164 valence electrons. The molecule has 2 N–H and O–H groups in total. The summed E-state index contributed by atoms with van der Waals surface area (Å²) in [7, 11) is -3.33. The van der Waals surface area contributed by atoms with Crippen LogP contribution in [0.2, 0.25) is 0 Å². The van der Waals surface area contributed by atoms with Crippen LogP contribution in [0.3, 0.4) is 0 Å². The molecule has 2 aromatic carbocycles. The summed E-state index contributed by atoms with van der Waals surface area (Å²) in [5.41, 5.74) is 2.99. The molecule has 0 unspecified atom stereocenters. The Kier molecular flexibility index (Phi) is 5.62. The Bertz CT molecular complexity index is 1380. The van der Waals surface area contributed by atoms with E-state index in [0.717, 1.165) is 17.5 Å². The summed E-state index contributed by atoms with van der Waals surface area (Å²) in [5, 5.41) is 10.8. The standard InChI is InChI=1S/C22H21FN6O2S/c1-14-15(2)28-29(18-9-7-16(23)8-10-18)21(14)26-20-11-12-24-22(27-20)25-17-5-4-6-19(13-17)32(3,30)31/h4-13H,1-3H3,(H2,24,25,26,27). The number of halogens is 1. The number of aryl methyl sites for hydroxylation is 1. The molecule has 0 aliphatic heterocycles. The molecule has 32 heavy (non-hydrogen) atoms. The molecule has 0 radical (unpaired) electrons. The van der Waals surface area contributed by atoms with Gasteiger partial charge in [-0.2, -0.15) is 10.1 Å². The molecule has 0 spiro atoms. The molecule has 0 bridgehead atoms. The second-order valence-electron chi connectivity index (χ2n) is 7.26. The molecule has 0 saturated heterocycles. The quantitative estimate of drug-likeness (QED) is 0.449. The maximum absolute atomic E-state index is 13.3. The van der Waals surface area contributed by atoms with E-state index in [9.17, 15) is 12.8 Å². The number of nitrogens with one attached hydrogen (secondary N) is 2. The largest absolute Gasteiger partial charge is 0.324 e. The maximum Gasteiger partial charge on any atom is 0.229 e. The van der Waals surface area contributed by atoms with Crippen LogP contribution < -0.4 is 10.6 Å². The lowest BCUT2D eigenvalue weighted by Gasteiger charge is -2.12. The van der Waals surface area contributed by atoms with Crippen LogP contribution in [0.25, 0.3) is 5.69 Å². The van der Waals surface area contributed by atoms with Crippen molar-refractivity contribution in [3.63, 3.8) is 0 Å². The zero-order valence-corrected chi connectivity index (χ0v) is 18.5. The van der Waals surface area contributed by atoms with E-state index >= 15 is 0 Å². The van der Waals surface area contributed by atoms with Crippen molar-refractivity contribution in [1.82, 2.24) is 19.7 Å². The van der Waals surface area contributed by atoms with Crippen molar-refractivity contribution in [2.75, 3.05) is 16.9 Å². The van der Waals surface area contributed by atoms with Gasteiger partial charge in [-0.3, -0.25) is 0 Å². The average molecular weight is 453 g/mol. The second-order valence-corrected chi connectivity index (χ2v) is 9.28. The van der Waals surface area contributed by atoms with Crippen LogP contribution in [0.5, 0.6) is 0 Å². The smallest absolute Gasteiger partial charge is 0.229 e. The summed E-state index contributed by atoms with van der Waals surface area (Å²) < 4.78 is 38.6. The molecule has 0 saturated carbocycles. The molecule has 4 rings (SSSR count). The van der Waals surface area contributed by atoms with Crippen molar-refractivity contribution in [2.24, 2.45) is 0 Å². The molecular formula is C22H21FN6O2S. The van der Waals surface area contributed by atoms with Gasteiger partial charge in [0.25, 0.3) is 0 Å². The van der Waals surface area contributed by atoms with Gasteiger partial charge in [0.05, 0.1) is 16.3 Å². The lowest BCUT2D eigenvalue weighted by molar-refractivity contribution is 0.602. The molecule has 4 aromatic rings. The monoisotopic (exact) mass is 452 g/mol. The highest BCUT2D eigenvalue weighted by molar-refractivity contribution is 7.90. The first-order valence-electron chi connectivity index (χ1n) is 9.70. The van der Waals surface area contributed by atoms with Crippen LogP contribution in [-0.4, -0.2) is 34.4 Å². The summed E-state index contributed by atoms with van der Waals surface area (Å²) in [6.45, 7) is 3.82. The minimum atomic E-state index is -3.33. The van der Waals surface area contributed by atoms with Crippen LogP contribution in [0.1, 0.15) is 11.3 Å². The molecular weight excluding hydrogens is 431 g/mol. The Morgan fingerprint density at radius 3 is 2.47 bits per heavy atom. The van der Waals surface area contributed by atoms with Crippen molar-refractivity contribution < 1.29 is 12.8 Å². The van der Waals surface area contributed by atoms with Crippen LogP contribution in [-0.2, 0) is 9.84 Å². The highest BCUT2D eigenvalue weighted by atomic mass is 32.2. The van der Waals surface area contributed by atoms with Gasteiger partial charge >= 0.3 is 0 Å². The predicted molar refractivity (Wildman–Crippen MR) is 121 cm³/mol. The van der Waals surface area contributed by atoms with Gasteiger partial charge in [-0.05, 0) is 62.4 Å². The number of anilines is 4. The fourth-order valence-corrected chi connectivity index (χ4v) is 3.73. The van der Waals surface area contributed by atoms with Crippen LogP contribution in [0.4, 0.5) is 27.7 Å². The Morgan fingerprint density at radius 1 is 1.00 bits per heavy atom. The summed E-state index contributed by atoms with van der Waals surface area (Å²) in [6, 6.07) is 14.2.